The molecule has 1 unspecified atom stereocenters. The number of hydrogen-bond donors (Lipinski definition) is 2. The summed E-state index contributed by atoms with van der Waals surface area (Å²) in [6.07, 6.45) is 1.99. The Balaban J connectivity index is 1.59. The molecular formula is C24H25N5O4. The molecular weight excluding hydrogens is 422 g/mol. The predicted octanol–water partition coefficient (Wildman–Crippen LogP) is 1.93. The highest BCUT2D eigenvalue weighted by Crippen LogP contribution is 2.25. The third kappa shape index (κ3) is 4.48. The number of piperidine rings is 1. The minimum atomic E-state index is -0.867. The Morgan fingerprint density at radius 1 is 0.970 bits per heavy atom. The Labute approximate surface area is 190 Å². The summed E-state index contributed by atoms with van der Waals surface area (Å²) in [6, 6.07) is 14.8. The van der Waals surface area contributed by atoms with Crippen LogP contribution in [0.5, 0.6) is 0 Å². The Bertz CT molecular complexity index is 1250. The average Bonchev–Trinajstić information content (AvgIpc) is 2.85. The van der Waals surface area contributed by atoms with E-state index in [1.54, 1.807) is 60.4 Å². The normalized spacial score (nSPS) is 14.7. The molecule has 0 saturated carbocycles. The van der Waals surface area contributed by atoms with Crippen LogP contribution >= 0.6 is 0 Å². The van der Waals surface area contributed by atoms with Gasteiger partial charge in [0.2, 0.25) is 5.91 Å². The van der Waals surface area contributed by atoms with Crippen LogP contribution in [0.15, 0.2) is 59.4 Å². The largest absolute Gasteiger partial charge is 0.326 e. The summed E-state index contributed by atoms with van der Waals surface area (Å²) in [5.74, 6) is -1.28. The Hall–Kier alpha value is -4.01. The molecule has 0 bridgehead atoms. The second kappa shape index (κ2) is 9.64. The van der Waals surface area contributed by atoms with Crippen molar-refractivity contribution >= 4 is 28.5 Å². The molecule has 33 heavy (non-hydrogen) atoms. The van der Waals surface area contributed by atoms with Crippen molar-refractivity contribution in [2.75, 3.05) is 6.54 Å². The summed E-state index contributed by atoms with van der Waals surface area (Å²) < 4.78 is 1.21. The Morgan fingerprint density at radius 3 is 2.36 bits per heavy atom. The topological polar surface area (TPSA) is 113 Å². The van der Waals surface area contributed by atoms with Crippen LogP contribution in [-0.2, 0) is 16.1 Å². The van der Waals surface area contributed by atoms with E-state index in [1.165, 1.54) is 4.68 Å². The van der Waals surface area contributed by atoms with Gasteiger partial charge in [0.25, 0.3) is 17.4 Å². The lowest BCUT2D eigenvalue weighted by Gasteiger charge is -2.34. The van der Waals surface area contributed by atoms with Gasteiger partial charge in [0.05, 0.1) is 5.39 Å². The van der Waals surface area contributed by atoms with Gasteiger partial charge in [-0.3, -0.25) is 30.0 Å². The van der Waals surface area contributed by atoms with E-state index in [-0.39, 0.29) is 17.2 Å². The molecule has 9 heteroatoms. The molecule has 2 aromatic carbocycles. The van der Waals surface area contributed by atoms with Crippen molar-refractivity contribution in [1.29, 1.82) is 0 Å². The second-order valence-corrected chi connectivity index (χ2v) is 7.82. The van der Waals surface area contributed by atoms with E-state index in [0.29, 0.717) is 35.8 Å². The molecule has 0 spiro atoms. The standard InChI is InChI=1S/C24H25N5O4/c1-2-29-24(33)18-13-7-6-12-17(18)20(27-29)22(31)25-26-23(32)21(16-10-4-3-5-11-16)28-15-9-8-14-19(28)30/h3-7,10-13,21H,2,8-9,14-15H2,1H3,(H,25,31)(H,26,32). The quantitative estimate of drug-likeness (QED) is 0.581. The third-order valence-corrected chi connectivity index (χ3v) is 5.72. The number of nitrogens with zero attached hydrogens (tertiary/aromatic N) is 3. The fourth-order valence-corrected chi connectivity index (χ4v) is 4.07. The Morgan fingerprint density at radius 2 is 1.67 bits per heavy atom. The van der Waals surface area contributed by atoms with E-state index in [2.05, 4.69) is 16.0 Å². The maximum absolute atomic E-state index is 13.2. The molecule has 1 aromatic heterocycles. The summed E-state index contributed by atoms with van der Waals surface area (Å²) >= 11 is 0. The van der Waals surface area contributed by atoms with Crippen molar-refractivity contribution in [3.63, 3.8) is 0 Å². The molecule has 2 heterocycles. The number of benzene rings is 2. The van der Waals surface area contributed by atoms with Crippen molar-refractivity contribution in [2.45, 2.75) is 38.8 Å². The van der Waals surface area contributed by atoms with E-state index in [0.717, 1.165) is 12.8 Å². The van der Waals surface area contributed by atoms with Gasteiger partial charge in [0.15, 0.2) is 5.69 Å². The summed E-state index contributed by atoms with van der Waals surface area (Å²) in [5.41, 5.74) is 5.26. The monoisotopic (exact) mass is 447 g/mol. The summed E-state index contributed by atoms with van der Waals surface area (Å²) in [6.45, 7) is 2.52. The van der Waals surface area contributed by atoms with E-state index in [4.69, 9.17) is 0 Å². The number of hydrogen-bond acceptors (Lipinski definition) is 5. The second-order valence-electron chi connectivity index (χ2n) is 7.82. The van der Waals surface area contributed by atoms with Gasteiger partial charge in [-0.25, -0.2) is 4.68 Å². The predicted molar refractivity (Wildman–Crippen MR) is 122 cm³/mol. The van der Waals surface area contributed by atoms with Gasteiger partial charge in [-0.1, -0.05) is 48.5 Å². The fourth-order valence-electron chi connectivity index (χ4n) is 4.07. The van der Waals surface area contributed by atoms with Crippen LogP contribution in [0.25, 0.3) is 10.8 Å². The number of carbonyl (C=O) groups is 3. The summed E-state index contributed by atoms with van der Waals surface area (Å²) in [4.78, 5) is 52.7. The maximum Gasteiger partial charge on any atom is 0.290 e. The first-order valence-electron chi connectivity index (χ1n) is 11.0. The molecule has 3 amide bonds. The van der Waals surface area contributed by atoms with Crippen LogP contribution in [0.3, 0.4) is 0 Å². The van der Waals surface area contributed by atoms with Crippen LogP contribution < -0.4 is 16.4 Å². The van der Waals surface area contributed by atoms with Crippen LogP contribution in [-0.4, -0.2) is 38.9 Å². The van der Waals surface area contributed by atoms with Crippen molar-refractivity contribution in [2.24, 2.45) is 0 Å². The minimum absolute atomic E-state index is 0.0256. The molecule has 3 aromatic rings. The number of fused-ring (bicyclic) bond motifs is 1. The van der Waals surface area contributed by atoms with Gasteiger partial charge in [-0.15, -0.1) is 0 Å². The number of hydrazine groups is 1. The lowest BCUT2D eigenvalue weighted by molar-refractivity contribution is -0.143. The van der Waals surface area contributed by atoms with Gasteiger partial charge < -0.3 is 4.90 Å². The summed E-state index contributed by atoms with van der Waals surface area (Å²) in [7, 11) is 0. The van der Waals surface area contributed by atoms with Gasteiger partial charge >= 0.3 is 0 Å². The number of likely N-dealkylation sites (tertiary alicyclic amines) is 1. The molecule has 0 aliphatic carbocycles. The smallest absolute Gasteiger partial charge is 0.290 e. The molecule has 9 nitrogen and oxygen atoms in total. The van der Waals surface area contributed by atoms with E-state index >= 15 is 0 Å². The first-order valence-corrected chi connectivity index (χ1v) is 11.0. The van der Waals surface area contributed by atoms with Gasteiger partial charge in [0.1, 0.15) is 6.04 Å². The van der Waals surface area contributed by atoms with Gasteiger partial charge in [0, 0.05) is 24.9 Å². The zero-order valence-electron chi connectivity index (χ0n) is 18.3. The number of amides is 3. The number of aromatic nitrogens is 2. The molecule has 0 radical (unpaired) electrons. The molecule has 1 saturated heterocycles. The van der Waals surface area contributed by atoms with Crippen LogP contribution in [0.4, 0.5) is 0 Å². The molecule has 1 aliphatic rings. The number of nitrogens with one attached hydrogen (secondary N) is 2. The molecule has 1 atom stereocenters. The molecule has 2 N–H and O–H groups in total. The Kier molecular flexibility index (Phi) is 6.48. The van der Waals surface area contributed by atoms with Crippen LogP contribution in [0.2, 0.25) is 0 Å². The van der Waals surface area contributed by atoms with Crippen molar-refractivity contribution in [3.8, 4) is 0 Å². The third-order valence-electron chi connectivity index (χ3n) is 5.72. The zero-order chi connectivity index (χ0) is 23.4. The van der Waals surface area contributed by atoms with E-state index in [9.17, 15) is 19.2 Å². The first-order chi connectivity index (χ1) is 16.0. The highest BCUT2D eigenvalue weighted by Gasteiger charge is 2.33. The molecule has 170 valence electrons. The highest BCUT2D eigenvalue weighted by molar-refractivity contribution is 6.05. The van der Waals surface area contributed by atoms with Gasteiger partial charge in [-0.05, 0) is 31.4 Å². The van der Waals surface area contributed by atoms with Crippen molar-refractivity contribution in [3.05, 3.63) is 76.2 Å². The van der Waals surface area contributed by atoms with E-state index in [1.807, 2.05) is 6.07 Å². The van der Waals surface area contributed by atoms with Crippen molar-refractivity contribution in [1.82, 2.24) is 25.5 Å². The maximum atomic E-state index is 13.2. The zero-order valence-corrected chi connectivity index (χ0v) is 18.3. The van der Waals surface area contributed by atoms with Crippen LogP contribution in [0, 0.1) is 0 Å². The number of aryl methyl sites for hydroxylation is 1. The number of rotatable bonds is 5. The SMILES string of the molecule is CCn1nc(C(=O)NNC(=O)C(c2ccccc2)N2CCCCC2=O)c2ccccc2c1=O. The lowest BCUT2D eigenvalue weighted by atomic mass is 10.0. The average molecular weight is 447 g/mol. The molecule has 4 rings (SSSR count). The first kappa shape index (κ1) is 22.2. The minimum Gasteiger partial charge on any atom is -0.326 e. The number of carbonyl (C=O) groups excluding carboxylic acids is 3. The summed E-state index contributed by atoms with van der Waals surface area (Å²) in [5, 5.41) is 4.94. The lowest BCUT2D eigenvalue weighted by Crippen LogP contribution is -2.50. The highest BCUT2D eigenvalue weighted by atomic mass is 16.2. The van der Waals surface area contributed by atoms with Crippen LogP contribution in [0.1, 0.15) is 48.3 Å². The molecule has 1 fully saturated rings. The fraction of sp³-hybridized carbons (Fsp3) is 0.292. The molecule has 1 aliphatic heterocycles. The van der Waals surface area contributed by atoms with Crippen molar-refractivity contribution < 1.29 is 14.4 Å². The van der Waals surface area contributed by atoms with Gasteiger partial charge in [-0.2, -0.15) is 5.10 Å². The van der Waals surface area contributed by atoms with E-state index < -0.39 is 17.9 Å².